The van der Waals surface area contributed by atoms with E-state index in [0.717, 1.165) is 25.2 Å². The van der Waals surface area contributed by atoms with E-state index in [1.807, 2.05) is 69.5 Å². The van der Waals surface area contributed by atoms with Crippen LogP contribution in [0.2, 0.25) is 0 Å². The molecule has 0 saturated carbocycles. The Morgan fingerprint density at radius 3 is 2.26 bits per heavy atom. The quantitative estimate of drug-likeness (QED) is 0.313. The Balaban J connectivity index is 1.63. The standard InChI is InChI=1S/C38H59N7O5/c1-27(2)24-45(34(47)31-23-40-35(37(3,4)5)41-32(31)39-16-13-21-49-9)30-22-28(25-44(26-30)36(48)50-38(6,7)8)33(46)43-19-17-42(18-20-43)29-14-11-10-12-15-29/h10-12,14-15,23,27-28,30H,13,16-22,24-26H2,1-9H3,(H,39,40,41)/t28-,30+/m1/s1. The van der Waals surface area contributed by atoms with E-state index in [1.54, 1.807) is 18.2 Å². The third-order valence-electron chi connectivity index (χ3n) is 8.91. The van der Waals surface area contributed by atoms with Gasteiger partial charge in [0.25, 0.3) is 5.91 Å². The number of ether oxygens (including phenoxy) is 2. The first-order valence-corrected chi connectivity index (χ1v) is 18.1. The van der Waals surface area contributed by atoms with Crippen molar-refractivity contribution >= 4 is 29.4 Å². The minimum atomic E-state index is -0.708. The minimum absolute atomic E-state index is 0.00581. The lowest BCUT2D eigenvalue weighted by molar-refractivity contribution is -0.138. The maximum absolute atomic E-state index is 14.7. The van der Waals surface area contributed by atoms with Crippen molar-refractivity contribution in [2.75, 3.05) is 76.3 Å². The summed E-state index contributed by atoms with van der Waals surface area (Å²) in [6, 6.07) is 9.80. The molecule has 276 valence electrons. The number of anilines is 2. The predicted octanol–water partition coefficient (Wildman–Crippen LogP) is 5.30. The number of benzene rings is 1. The van der Waals surface area contributed by atoms with Gasteiger partial charge in [-0.25, -0.2) is 14.8 Å². The van der Waals surface area contributed by atoms with Crippen LogP contribution in [-0.2, 0) is 19.7 Å². The van der Waals surface area contributed by atoms with Crippen molar-refractivity contribution < 1.29 is 23.9 Å². The molecule has 2 atom stereocenters. The molecular formula is C38H59N7O5. The number of piperazine rings is 1. The molecule has 4 rings (SSSR count). The SMILES string of the molecule is COCCCNc1nc(C(C)(C)C)ncc1C(=O)N(CC(C)C)[C@H]1C[C@@H](C(=O)N2CCN(c3ccccc3)CC2)CN(C(=O)OC(C)(C)C)C1. The Labute approximate surface area is 298 Å². The molecule has 12 heteroatoms. The summed E-state index contributed by atoms with van der Waals surface area (Å²) < 4.78 is 11.0. The number of methoxy groups -OCH3 is 1. The number of amides is 3. The Bertz CT molecular complexity index is 1430. The van der Waals surface area contributed by atoms with Crippen molar-refractivity contribution in [2.45, 2.75) is 85.3 Å². The first kappa shape index (κ1) is 38.9. The van der Waals surface area contributed by atoms with E-state index in [4.69, 9.17) is 14.5 Å². The van der Waals surface area contributed by atoms with E-state index in [1.165, 1.54) is 0 Å². The highest BCUT2D eigenvalue weighted by Crippen LogP contribution is 2.29. The van der Waals surface area contributed by atoms with Crippen molar-refractivity contribution in [1.29, 1.82) is 0 Å². The molecule has 0 radical (unpaired) electrons. The maximum atomic E-state index is 14.7. The summed E-state index contributed by atoms with van der Waals surface area (Å²) in [5, 5.41) is 3.36. The Kier molecular flexibility index (Phi) is 13.1. The number of para-hydroxylation sites is 1. The van der Waals surface area contributed by atoms with E-state index in [2.05, 4.69) is 41.2 Å². The molecule has 1 aromatic carbocycles. The fourth-order valence-electron chi connectivity index (χ4n) is 6.44. The first-order chi connectivity index (χ1) is 23.6. The lowest BCUT2D eigenvalue weighted by Crippen LogP contribution is -2.59. The van der Waals surface area contributed by atoms with E-state index in [9.17, 15) is 14.4 Å². The van der Waals surface area contributed by atoms with Crippen molar-refractivity contribution in [1.82, 2.24) is 24.7 Å². The van der Waals surface area contributed by atoms with Gasteiger partial charge in [-0.1, -0.05) is 52.8 Å². The molecule has 3 amide bonds. The van der Waals surface area contributed by atoms with Gasteiger partial charge in [-0.3, -0.25) is 9.59 Å². The Hall–Kier alpha value is -3.93. The number of hydrogen-bond acceptors (Lipinski definition) is 9. The van der Waals surface area contributed by atoms with Crippen LogP contribution in [0.4, 0.5) is 16.3 Å². The van der Waals surface area contributed by atoms with Crippen LogP contribution in [0.1, 0.15) is 84.4 Å². The summed E-state index contributed by atoms with van der Waals surface area (Å²) in [7, 11) is 1.66. The third kappa shape index (κ3) is 10.5. The van der Waals surface area contributed by atoms with Gasteiger partial charge in [0.1, 0.15) is 22.8 Å². The van der Waals surface area contributed by atoms with Gasteiger partial charge in [-0.05, 0) is 51.7 Å². The molecule has 2 saturated heterocycles. The summed E-state index contributed by atoms with van der Waals surface area (Å²) in [6.07, 6.45) is 2.31. The summed E-state index contributed by atoms with van der Waals surface area (Å²) in [4.78, 5) is 59.5. The lowest BCUT2D eigenvalue weighted by atomic mass is 9.90. The minimum Gasteiger partial charge on any atom is -0.444 e. The first-order valence-electron chi connectivity index (χ1n) is 18.1. The van der Waals surface area contributed by atoms with Crippen LogP contribution in [0, 0.1) is 11.8 Å². The van der Waals surface area contributed by atoms with Crippen LogP contribution in [0.3, 0.4) is 0 Å². The van der Waals surface area contributed by atoms with Gasteiger partial charge in [-0.15, -0.1) is 0 Å². The molecule has 2 aliphatic heterocycles. The number of piperidine rings is 1. The molecule has 3 heterocycles. The molecule has 2 aromatic rings. The molecule has 1 N–H and O–H groups in total. The number of carbonyl (C=O) groups is 3. The lowest BCUT2D eigenvalue weighted by Gasteiger charge is -2.45. The van der Waals surface area contributed by atoms with Gasteiger partial charge in [0.05, 0.1) is 12.0 Å². The number of likely N-dealkylation sites (tertiary alicyclic amines) is 1. The molecular weight excluding hydrogens is 634 g/mol. The van der Waals surface area contributed by atoms with Crippen molar-refractivity contribution in [3.05, 3.63) is 47.9 Å². The molecule has 1 aromatic heterocycles. The van der Waals surface area contributed by atoms with Crippen molar-refractivity contribution in [3.8, 4) is 0 Å². The molecule has 12 nitrogen and oxygen atoms in total. The van der Waals surface area contributed by atoms with Crippen LogP contribution in [-0.4, -0.2) is 120 Å². The zero-order chi connectivity index (χ0) is 36.6. The zero-order valence-electron chi connectivity index (χ0n) is 31.7. The molecule has 0 bridgehead atoms. The molecule has 2 aliphatic rings. The summed E-state index contributed by atoms with van der Waals surface area (Å²) in [5.74, 6) is 0.523. The van der Waals surface area contributed by atoms with Crippen molar-refractivity contribution in [2.24, 2.45) is 11.8 Å². The summed E-state index contributed by atoms with van der Waals surface area (Å²) in [6.45, 7) is 20.4. The summed E-state index contributed by atoms with van der Waals surface area (Å²) >= 11 is 0. The fraction of sp³-hybridized carbons (Fsp3) is 0.658. The Morgan fingerprint density at radius 1 is 0.980 bits per heavy atom. The number of carbonyl (C=O) groups excluding carboxylic acids is 3. The van der Waals surface area contributed by atoms with Crippen LogP contribution in [0.5, 0.6) is 0 Å². The second kappa shape index (κ2) is 16.9. The monoisotopic (exact) mass is 693 g/mol. The largest absolute Gasteiger partial charge is 0.444 e. The van der Waals surface area contributed by atoms with E-state index < -0.39 is 23.7 Å². The van der Waals surface area contributed by atoms with E-state index in [0.29, 0.717) is 56.4 Å². The molecule has 50 heavy (non-hydrogen) atoms. The van der Waals surface area contributed by atoms with Crippen LogP contribution >= 0.6 is 0 Å². The predicted molar refractivity (Wildman–Crippen MR) is 197 cm³/mol. The molecule has 0 aliphatic carbocycles. The normalized spacial score (nSPS) is 18.6. The van der Waals surface area contributed by atoms with Gasteiger partial charge in [-0.2, -0.15) is 0 Å². The van der Waals surface area contributed by atoms with E-state index in [-0.39, 0.29) is 36.2 Å². The topological polar surface area (TPSA) is 120 Å². The number of nitrogens with one attached hydrogen (secondary N) is 1. The highest BCUT2D eigenvalue weighted by Gasteiger charge is 2.42. The number of aromatic nitrogens is 2. The second-order valence-corrected chi connectivity index (χ2v) is 16.0. The average Bonchev–Trinajstić information content (AvgIpc) is 3.07. The highest BCUT2D eigenvalue weighted by molar-refractivity contribution is 5.98. The number of hydrogen-bond donors (Lipinski definition) is 1. The highest BCUT2D eigenvalue weighted by atomic mass is 16.6. The third-order valence-corrected chi connectivity index (χ3v) is 8.91. The van der Waals surface area contributed by atoms with Gasteiger partial charge in [0.15, 0.2) is 0 Å². The van der Waals surface area contributed by atoms with Gasteiger partial charge < -0.3 is 34.4 Å². The number of nitrogens with zero attached hydrogens (tertiary/aromatic N) is 6. The molecule has 2 fully saturated rings. The van der Waals surface area contributed by atoms with Crippen molar-refractivity contribution in [3.63, 3.8) is 0 Å². The van der Waals surface area contributed by atoms with Crippen LogP contribution in [0.25, 0.3) is 0 Å². The van der Waals surface area contributed by atoms with Gasteiger partial charge >= 0.3 is 6.09 Å². The van der Waals surface area contributed by atoms with Crippen LogP contribution < -0.4 is 10.2 Å². The maximum Gasteiger partial charge on any atom is 0.410 e. The van der Waals surface area contributed by atoms with Crippen LogP contribution in [0.15, 0.2) is 36.5 Å². The molecule has 0 unspecified atom stereocenters. The zero-order valence-corrected chi connectivity index (χ0v) is 31.7. The van der Waals surface area contributed by atoms with Gasteiger partial charge in [0.2, 0.25) is 5.91 Å². The summed E-state index contributed by atoms with van der Waals surface area (Å²) in [5.41, 5.74) is 0.480. The molecule has 0 spiro atoms. The Morgan fingerprint density at radius 2 is 1.66 bits per heavy atom. The van der Waals surface area contributed by atoms with Gasteiger partial charge in [0, 0.05) is 83.4 Å². The average molecular weight is 694 g/mol. The smallest absolute Gasteiger partial charge is 0.410 e. The fourth-order valence-corrected chi connectivity index (χ4v) is 6.44. The number of rotatable bonds is 11. The van der Waals surface area contributed by atoms with E-state index >= 15 is 0 Å². The second-order valence-electron chi connectivity index (χ2n) is 16.0.